The van der Waals surface area contributed by atoms with E-state index in [0.29, 0.717) is 30.9 Å². The standard InChI is InChI=1S/C19H28N2O3/c1-14(2)11-15(8-10-22)13-20-19(24)16-5-3-6-17(12-16)21-9-4-7-18(21)23/h3,5-6,12,14-15,22H,4,7-11,13H2,1-2H3,(H,20,24). The third-order valence-electron chi connectivity index (χ3n) is 4.39. The van der Waals surface area contributed by atoms with Gasteiger partial charge in [0, 0.05) is 37.4 Å². The van der Waals surface area contributed by atoms with Crippen LogP contribution in [0.1, 0.15) is 49.9 Å². The fraction of sp³-hybridized carbons (Fsp3) is 0.579. The molecule has 1 atom stereocenters. The Balaban J connectivity index is 1.97. The third-order valence-corrected chi connectivity index (χ3v) is 4.39. The molecule has 2 N–H and O–H groups in total. The molecule has 24 heavy (non-hydrogen) atoms. The van der Waals surface area contributed by atoms with Crippen LogP contribution in [-0.4, -0.2) is 36.6 Å². The normalized spacial score (nSPS) is 15.8. The molecule has 0 aliphatic carbocycles. The average Bonchev–Trinajstić information content (AvgIpc) is 2.98. The molecule has 132 valence electrons. The molecule has 0 spiro atoms. The largest absolute Gasteiger partial charge is 0.396 e. The second-order valence-corrected chi connectivity index (χ2v) is 6.92. The van der Waals surface area contributed by atoms with Gasteiger partial charge in [-0.3, -0.25) is 9.59 Å². The van der Waals surface area contributed by atoms with Crippen LogP contribution in [0.2, 0.25) is 0 Å². The predicted octanol–water partition coefficient (Wildman–Crippen LogP) is 2.59. The van der Waals surface area contributed by atoms with Crippen molar-refractivity contribution in [2.24, 2.45) is 11.8 Å². The van der Waals surface area contributed by atoms with E-state index in [2.05, 4.69) is 19.2 Å². The number of hydrogen-bond donors (Lipinski definition) is 2. The zero-order chi connectivity index (χ0) is 17.5. The molecule has 2 amide bonds. The highest BCUT2D eigenvalue weighted by atomic mass is 16.3. The maximum absolute atomic E-state index is 12.4. The lowest BCUT2D eigenvalue weighted by molar-refractivity contribution is -0.117. The van der Waals surface area contributed by atoms with Gasteiger partial charge in [0.15, 0.2) is 0 Å². The number of nitrogens with one attached hydrogen (secondary N) is 1. The molecular weight excluding hydrogens is 304 g/mol. The molecule has 0 bridgehead atoms. The summed E-state index contributed by atoms with van der Waals surface area (Å²) in [4.78, 5) is 26.0. The van der Waals surface area contributed by atoms with Crippen molar-refractivity contribution in [2.45, 2.75) is 39.5 Å². The highest BCUT2D eigenvalue weighted by molar-refractivity contribution is 5.99. The number of carbonyl (C=O) groups excluding carboxylic acids is 2. The summed E-state index contributed by atoms with van der Waals surface area (Å²) in [5.74, 6) is 0.799. The number of nitrogens with zero attached hydrogens (tertiary/aromatic N) is 1. The van der Waals surface area contributed by atoms with Gasteiger partial charge in [0.05, 0.1) is 0 Å². The maximum Gasteiger partial charge on any atom is 0.251 e. The zero-order valence-electron chi connectivity index (χ0n) is 14.6. The van der Waals surface area contributed by atoms with Crippen molar-refractivity contribution in [3.8, 4) is 0 Å². The highest BCUT2D eigenvalue weighted by Gasteiger charge is 2.22. The average molecular weight is 332 g/mol. The molecule has 5 nitrogen and oxygen atoms in total. The van der Waals surface area contributed by atoms with E-state index in [1.54, 1.807) is 17.0 Å². The Morgan fingerprint density at radius 2 is 2.17 bits per heavy atom. The predicted molar refractivity (Wildman–Crippen MR) is 95.0 cm³/mol. The van der Waals surface area contributed by atoms with Gasteiger partial charge in [-0.05, 0) is 49.3 Å². The number of benzene rings is 1. The van der Waals surface area contributed by atoms with Crippen molar-refractivity contribution in [2.75, 3.05) is 24.6 Å². The number of rotatable bonds is 8. The molecule has 1 aliphatic rings. The van der Waals surface area contributed by atoms with Crippen LogP contribution in [0.5, 0.6) is 0 Å². The molecule has 5 heteroatoms. The number of carbonyl (C=O) groups is 2. The van der Waals surface area contributed by atoms with Crippen LogP contribution in [0.4, 0.5) is 5.69 Å². The number of aliphatic hydroxyl groups excluding tert-OH is 1. The van der Waals surface area contributed by atoms with Gasteiger partial charge < -0.3 is 15.3 Å². The van der Waals surface area contributed by atoms with E-state index in [1.807, 2.05) is 12.1 Å². The summed E-state index contributed by atoms with van der Waals surface area (Å²) in [7, 11) is 0. The van der Waals surface area contributed by atoms with Crippen molar-refractivity contribution in [3.63, 3.8) is 0 Å². The van der Waals surface area contributed by atoms with Gasteiger partial charge in [-0.15, -0.1) is 0 Å². The number of amides is 2. The lowest BCUT2D eigenvalue weighted by atomic mass is 9.94. The van der Waals surface area contributed by atoms with Gasteiger partial charge in [0.25, 0.3) is 5.91 Å². The Bertz CT molecular complexity index is 571. The molecule has 1 aromatic rings. The molecule has 1 unspecified atom stereocenters. The van der Waals surface area contributed by atoms with E-state index < -0.39 is 0 Å². The lowest BCUT2D eigenvalue weighted by Crippen LogP contribution is -2.31. The van der Waals surface area contributed by atoms with Crippen molar-refractivity contribution < 1.29 is 14.7 Å². The third kappa shape index (κ3) is 5.06. The van der Waals surface area contributed by atoms with Crippen LogP contribution < -0.4 is 10.2 Å². The minimum absolute atomic E-state index is 0.118. The van der Waals surface area contributed by atoms with Gasteiger partial charge in [0.2, 0.25) is 5.91 Å². The van der Waals surface area contributed by atoms with E-state index in [9.17, 15) is 9.59 Å². The first-order chi connectivity index (χ1) is 11.5. The van der Waals surface area contributed by atoms with Gasteiger partial charge >= 0.3 is 0 Å². The van der Waals surface area contributed by atoms with Gasteiger partial charge in [-0.1, -0.05) is 19.9 Å². The highest BCUT2D eigenvalue weighted by Crippen LogP contribution is 2.22. The summed E-state index contributed by atoms with van der Waals surface area (Å²) < 4.78 is 0. The molecule has 1 heterocycles. The van der Waals surface area contributed by atoms with Crippen LogP contribution in [0.15, 0.2) is 24.3 Å². The van der Waals surface area contributed by atoms with Gasteiger partial charge in [-0.25, -0.2) is 0 Å². The Kier molecular flexibility index (Phi) is 6.79. The molecule has 2 rings (SSSR count). The Morgan fingerprint density at radius 3 is 2.79 bits per heavy atom. The summed E-state index contributed by atoms with van der Waals surface area (Å²) in [5, 5.41) is 12.1. The first kappa shape index (κ1) is 18.5. The maximum atomic E-state index is 12.4. The monoisotopic (exact) mass is 332 g/mol. The quantitative estimate of drug-likeness (QED) is 0.769. The molecule has 1 aromatic carbocycles. The van der Waals surface area contributed by atoms with Crippen LogP contribution >= 0.6 is 0 Å². The molecule has 0 radical (unpaired) electrons. The smallest absolute Gasteiger partial charge is 0.251 e. The van der Waals surface area contributed by atoms with Gasteiger partial charge in [0.1, 0.15) is 0 Å². The molecule has 0 aromatic heterocycles. The molecule has 1 fully saturated rings. The first-order valence-corrected chi connectivity index (χ1v) is 8.80. The Labute approximate surface area is 144 Å². The SMILES string of the molecule is CC(C)CC(CCO)CNC(=O)c1cccc(N2CCCC2=O)c1. The molecule has 1 aliphatic heterocycles. The van der Waals surface area contributed by atoms with Crippen LogP contribution in [0.25, 0.3) is 0 Å². The fourth-order valence-corrected chi connectivity index (χ4v) is 3.23. The van der Waals surface area contributed by atoms with Crippen molar-refractivity contribution in [1.29, 1.82) is 0 Å². The summed E-state index contributed by atoms with van der Waals surface area (Å²) in [6.07, 6.45) is 3.12. The molecule has 0 saturated carbocycles. The second kappa shape index (κ2) is 8.83. The zero-order valence-corrected chi connectivity index (χ0v) is 14.6. The number of aliphatic hydroxyl groups is 1. The second-order valence-electron chi connectivity index (χ2n) is 6.92. The van der Waals surface area contributed by atoms with Crippen LogP contribution in [0, 0.1) is 11.8 Å². The summed E-state index contributed by atoms with van der Waals surface area (Å²) in [6, 6.07) is 7.23. The topological polar surface area (TPSA) is 69.6 Å². The van der Waals surface area contributed by atoms with Crippen LogP contribution in [-0.2, 0) is 4.79 Å². The number of anilines is 1. The molecule has 1 saturated heterocycles. The van der Waals surface area contributed by atoms with Crippen molar-refractivity contribution in [3.05, 3.63) is 29.8 Å². The van der Waals surface area contributed by atoms with Crippen LogP contribution in [0.3, 0.4) is 0 Å². The van der Waals surface area contributed by atoms with E-state index >= 15 is 0 Å². The van der Waals surface area contributed by atoms with Gasteiger partial charge in [-0.2, -0.15) is 0 Å². The minimum Gasteiger partial charge on any atom is -0.396 e. The van der Waals surface area contributed by atoms with E-state index in [1.165, 1.54) is 0 Å². The van der Waals surface area contributed by atoms with Crippen molar-refractivity contribution in [1.82, 2.24) is 5.32 Å². The van der Waals surface area contributed by atoms with E-state index in [4.69, 9.17) is 5.11 Å². The summed E-state index contributed by atoms with van der Waals surface area (Å²) in [6.45, 7) is 5.70. The first-order valence-electron chi connectivity index (χ1n) is 8.80. The van der Waals surface area contributed by atoms with E-state index in [-0.39, 0.29) is 24.3 Å². The Hall–Kier alpha value is -1.88. The van der Waals surface area contributed by atoms with Crippen molar-refractivity contribution >= 4 is 17.5 Å². The number of hydrogen-bond acceptors (Lipinski definition) is 3. The summed E-state index contributed by atoms with van der Waals surface area (Å²) >= 11 is 0. The lowest BCUT2D eigenvalue weighted by Gasteiger charge is -2.19. The summed E-state index contributed by atoms with van der Waals surface area (Å²) in [5.41, 5.74) is 1.36. The fourth-order valence-electron chi connectivity index (χ4n) is 3.23. The van der Waals surface area contributed by atoms with E-state index in [0.717, 1.165) is 25.1 Å². The minimum atomic E-state index is -0.129. The Morgan fingerprint density at radius 1 is 1.38 bits per heavy atom. The molecular formula is C19H28N2O3.